The molecule has 0 spiro atoms. The molecule has 0 bridgehead atoms. The zero-order chi connectivity index (χ0) is 11.6. The van der Waals surface area contributed by atoms with Crippen molar-refractivity contribution in [2.45, 2.75) is 25.4 Å². The normalized spacial score (nSPS) is 15.1. The third-order valence-electron chi connectivity index (χ3n) is 1.58. The average molecular weight is 220 g/mol. The summed E-state index contributed by atoms with van der Waals surface area (Å²) in [5.41, 5.74) is 0. The Hall–Kier alpha value is -0.880. The molecule has 0 N–H and O–H groups in total. The Morgan fingerprint density at radius 1 is 1.29 bits per heavy atom. The minimum atomic E-state index is -5.63. The molecule has 0 radical (unpaired) electrons. The van der Waals surface area contributed by atoms with Crippen molar-refractivity contribution in [1.82, 2.24) is 0 Å². The first-order valence-corrected chi connectivity index (χ1v) is 3.64. The minimum absolute atomic E-state index is 0.921. The van der Waals surface area contributed by atoms with E-state index < -0.39 is 30.4 Å². The summed E-state index contributed by atoms with van der Waals surface area (Å²) in [4.78, 5) is 10.6. The molecule has 1 atom stereocenters. The molecule has 7 heteroatoms. The van der Waals surface area contributed by atoms with Gasteiger partial charge in [0.25, 0.3) is 0 Å². The van der Waals surface area contributed by atoms with Gasteiger partial charge in [-0.15, -0.1) is 0 Å². The van der Waals surface area contributed by atoms with E-state index >= 15 is 0 Å². The second-order valence-corrected chi connectivity index (χ2v) is 2.83. The first kappa shape index (κ1) is 13.1. The molecule has 0 fully saturated rings. The summed E-state index contributed by atoms with van der Waals surface area (Å²) < 4.78 is 63.7. The topological polar surface area (TPSA) is 26.3 Å². The van der Waals surface area contributed by atoms with Gasteiger partial charge in [-0.2, -0.15) is 22.0 Å². The van der Waals surface area contributed by atoms with Crippen molar-refractivity contribution in [2.24, 2.45) is 5.92 Å². The maximum Gasteiger partial charge on any atom is 0.453 e. The van der Waals surface area contributed by atoms with Crippen LogP contribution in [0.4, 0.5) is 22.0 Å². The monoisotopic (exact) mass is 220 g/mol. The maximum atomic E-state index is 12.3. The summed E-state index contributed by atoms with van der Waals surface area (Å²) >= 11 is 0. The van der Waals surface area contributed by atoms with Gasteiger partial charge in [-0.3, -0.25) is 4.79 Å². The van der Waals surface area contributed by atoms with Gasteiger partial charge in [0.05, 0.1) is 13.0 Å². The summed E-state index contributed by atoms with van der Waals surface area (Å²) in [5, 5.41) is 0. The van der Waals surface area contributed by atoms with Crippen molar-refractivity contribution >= 4 is 5.97 Å². The van der Waals surface area contributed by atoms with Crippen molar-refractivity contribution < 1.29 is 31.5 Å². The van der Waals surface area contributed by atoms with Gasteiger partial charge in [0.1, 0.15) is 0 Å². The molecule has 0 aromatic carbocycles. The van der Waals surface area contributed by atoms with Crippen molar-refractivity contribution in [3.05, 3.63) is 0 Å². The molecule has 0 heterocycles. The van der Waals surface area contributed by atoms with E-state index in [1.807, 2.05) is 0 Å². The van der Waals surface area contributed by atoms with E-state index in [9.17, 15) is 26.7 Å². The molecule has 1 unspecified atom stereocenters. The first-order valence-electron chi connectivity index (χ1n) is 3.64. The highest BCUT2D eigenvalue weighted by Crippen LogP contribution is 2.40. The van der Waals surface area contributed by atoms with Gasteiger partial charge in [-0.05, 0) is 0 Å². The number of ether oxygens (including phenoxy) is 1. The van der Waals surface area contributed by atoms with Crippen LogP contribution in [0.25, 0.3) is 0 Å². The summed E-state index contributed by atoms with van der Waals surface area (Å²) in [5.74, 6) is -7.44. The molecule has 0 aliphatic heterocycles. The zero-order valence-corrected chi connectivity index (χ0v) is 7.49. The molecule has 2 nitrogen and oxygen atoms in total. The van der Waals surface area contributed by atoms with Gasteiger partial charge in [0, 0.05) is 6.42 Å². The number of methoxy groups -OCH3 is 1. The molecule has 0 saturated heterocycles. The smallest absolute Gasteiger partial charge is 0.453 e. The molecule has 14 heavy (non-hydrogen) atoms. The largest absolute Gasteiger partial charge is 0.469 e. The Morgan fingerprint density at radius 2 is 1.71 bits per heavy atom. The Balaban J connectivity index is 4.44. The SMILES string of the molecule is COC(=O)C(C)CC(F)(F)C(F)(F)F. The Morgan fingerprint density at radius 3 is 2.00 bits per heavy atom. The van der Waals surface area contributed by atoms with Crippen LogP contribution in [0.2, 0.25) is 0 Å². The second-order valence-electron chi connectivity index (χ2n) is 2.83. The molecule has 0 aliphatic carbocycles. The third-order valence-corrected chi connectivity index (χ3v) is 1.58. The van der Waals surface area contributed by atoms with Crippen LogP contribution in [0.5, 0.6) is 0 Å². The summed E-state index contributed by atoms with van der Waals surface area (Å²) in [6.07, 6.45) is -7.22. The maximum absolute atomic E-state index is 12.3. The molecule has 0 aromatic heterocycles. The van der Waals surface area contributed by atoms with Crippen LogP contribution in [-0.4, -0.2) is 25.2 Å². The number of alkyl halides is 5. The van der Waals surface area contributed by atoms with Crippen LogP contribution in [-0.2, 0) is 9.53 Å². The number of rotatable bonds is 3. The zero-order valence-electron chi connectivity index (χ0n) is 7.49. The van der Waals surface area contributed by atoms with E-state index in [4.69, 9.17) is 0 Å². The lowest BCUT2D eigenvalue weighted by Gasteiger charge is -2.21. The van der Waals surface area contributed by atoms with Gasteiger partial charge in [0.15, 0.2) is 0 Å². The summed E-state index contributed by atoms with van der Waals surface area (Å²) in [6.45, 7) is 0.950. The predicted octanol–water partition coefficient (Wildman–Crippen LogP) is 2.38. The van der Waals surface area contributed by atoms with E-state index in [0.717, 1.165) is 14.0 Å². The highest BCUT2D eigenvalue weighted by atomic mass is 19.4. The highest BCUT2D eigenvalue weighted by molar-refractivity contribution is 5.71. The van der Waals surface area contributed by atoms with Gasteiger partial charge in [-0.1, -0.05) is 6.92 Å². The fourth-order valence-corrected chi connectivity index (χ4v) is 0.785. The van der Waals surface area contributed by atoms with E-state index in [-0.39, 0.29) is 0 Å². The summed E-state index contributed by atoms with van der Waals surface area (Å²) in [6, 6.07) is 0. The number of carbonyl (C=O) groups excluding carboxylic acids is 1. The quantitative estimate of drug-likeness (QED) is 0.539. The minimum Gasteiger partial charge on any atom is -0.469 e. The van der Waals surface area contributed by atoms with E-state index in [2.05, 4.69) is 4.74 Å². The van der Waals surface area contributed by atoms with Crippen LogP contribution in [0.15, 0.2) is 0 Å². The molecule has 84 valence electrons. The van der Waals surface area contributed by atoms with Crippen LogP contribution >= 0.6 is 0 Å². The Kier molecular flexibility index (Phi) is 3.84. The molecule has 0 saturated carbocycles. The molecule has 0 aromatic rings. The van der Waals surface area contributed by atoms with E-state index in [1.54, 1.807) is 0 Å². The fraction of sp³-hybridized carbons (Fsp3) is 0.857. The number of halogens is 5. The van der Waals surface area contributed by atoms with Gasteiger partial charge in [0.2, 0.25) is 0 Å². The molecular formula is C7H9F5O2. The van der Waals surface area contributed by atoms with E-state index in [1.165, 1.54) is 0 Å². The average Bonchev–Trinajstić information content (AvgIpc) is 2.00. The van der Waals surface area contributed by atoms with Crippen LogP contribution in [0.1, 0.15) is 13.3 Å². The number of esters is 1. The van der Waals surface area contributed by atoms with Crippen molar-refractivity contribution in [2.75, 3.05) is 7.11 Å². The van der Waals surface area contributed by atoms with Crippen LogP contribution < -0.4 is 0 Å². The highest BCUT2D eigenvalue weighted by Gasteiger charge is 2.58. The van der Waals surface area contributed by atoms with Gasteiger partial charge >= 0.3 is 18.1 Å². The fourth-order valence-electron chi connectivity index (χ4n) is 0.785. The van der Waals surface area contributed by atoms with Crippen molar-refractivity contribution in [1.29, 1.82) is 0 Å². The van der Waals surface area contributed by atoms with Crippen molar-refractivity contribution in [3.8, 4) is 0 Å². The molecule has 0 amide bonds. The first-order chi connectivity index (χ1) is 6.12. The van der Waals surface area contributed by atoms with Crippen LogP contribution in [0.3, 0.4) is 0 Å². The van der Waals surface area contributed by atoms with E-state index in [0.29, 0.717) is 0 Å². The second kappa shape index (κ2) is 4.10. The Bertz CT molecular complexity index is 211. The lowest BCUT2D eigenvalue weighted by molar-refractivity contribution is -0.287. The van der Waals surface area contributed by atoms with Crippen molar-refractivity contribution in [3.63, 3.8) is 0 Å². The third kappa shape index (κ3) is 3.12. The number of hydrogen-bond acceptors (Lipinski definition) is 2. The Labute approximate surface area is 77.0 Å². The standard InChI is InChI=1S/C7H9F5O2/c1-4(5(13)14-2)3-6(8,9)7(10,11)12/h4H,3H2,1-2H3. The molecule has 0 aliphatic rings. The van der Waals surface area contributed by atoms with Gasteiger partial charge < -0.3 is 4.74 Å². The summed E-state index contributed by atoms with van der Waals surface area (Å²) in [7, 11) is 0.921. The molecule has 0 rings (SSSR count). The number of hydrogen-bond donors (Lipinski definition) is 0. The number of carbonyl (C=O) groups is 1. The van der Waals surface area contributed by atoms with Crippen LogP contribution in [0, 0.1) is 5.92 Å². The molecular weight excluding hydrogens is 211 g/mol. The lowest BCUT2D eigenvalue weighted by Crippen LogP contribution is -2.39. The van der Waals surface area contributed by atoms with Gasteiger partial charge in [-0.25, -0.2) is 0 Å². The lowest BCUT2D eigenvalue weighted by atomic mass is 10.0. The predicted molar refractivity (Wildman–Crippen MR) is 36.8 cm³/mol.